The van der Waals surface area contributed by atoms with Crippen molar-refractivity contribution < 1.29 is 13.6 Å². The average Bonchev–Trinajstić information content (AvgIpc) is 2.60. The summed E-state index contributed by atoms with van der Waals surface area (Å²) >= 11 is 0. The predicted molar refractivity (Wildman–Crippen MR) is 95.2 cm³/mol. The van der Waals surface area contributed by atoms with Gasteiger partial charge >= 0.3 is 0 Å². The lowest BCUT2D eigenvalue weighted by Gasteiger charge is -2.12. The second kappa shape index (κ2) is 7.03. The van der Waals surface area contributed by atoms with Crippen molar-refractivity contribution in [1.29, 1.82) is 0 Å². The van der Waals surface area contributed by atoms with E-state index in [-0.39, 0.29) is 22.9 Å². The third-order valence-electron chi connectivity index (χ3n) is 3.80. The monoisotopic (exact) mass is 357 g/mol. The summed E-state index contributed by atoms with van der Waals surface area (Å²) in [7, 11) is 0. The van der Waals surface area contributed by atoms with E-state index in [0.29, 0.717) is 17.3 Å². The van der Waals surface area contributed by atoms with E-state index >= 15 is 0 Å². The van der Waals surface area contributed by atoms with Crippen LogP contribution in [0.15, 0.2) is 47.3 Å². The molecule has 0 fully saturated rings. The van der Waals surface area contributed by atoms with Crippen LogP contribution in [0.1, 0.15) is 24.3 Å². The molecule has 0 unspecified atom stereocenters. The summed E-state index contributed by atoms with van der Waals surface area (Å²) in [5.41, 5.74) is -0.134. The Morgan fingerprint density at radius 2 is 1.81 bits per heavy atom. The van der Waals surface area contributed by atoms with Gasteiger partial charge in [0, 0.05) is 23.7 Å². The van der Waals surface area contributed by atoms with Gasteiger partial charge in [0.15, 0.2) is 17.3 Å². The Hall–Kier alpha value is -3.09. The molecule has 26 heavy (non-hydrogen) atoms. The van der Waals surface area contributed by atoms with Crippen LogP contribution < -0.4 is 10.9 Å². The highest BCUT2D eigenvalue weighted by Gasteiger charge is 2.17. The molecule has 1 amide bonds. The number of rotatable bonds is 4. The molecule has 3 rings (SSSR count). The Bertz CT molecular complexity index is 1040. The number of hydrogen-bond acceptors (Lipinski definition) is 3. The SMILES string of the molecule is CC(C)Cn1nc(C(=O)Nc2ccc(F)c(F)c2)c2ccccc2c1=O. The molecule has 5 nitrogen and oxygen atoms in total. The molecule has 0 aliphatic heterocycles. The van der Waals surface area contributed by atoms with Crippen molar-refractivity contribution >= 4 is 22.4 Å². The molecule has 0 spiro atoms. The fourth-order valence-corrected chi connectivity index (χ4v) is 2.64. The molecule has 134 valence electrons. The lowest BCUT2D eigenvalue weighted by Crippen LogP contribution is -2.29. The summed E-state index contributed by atoms with van der Waals surface area (Å²) < 4.78 is 27.7. The first-order chi connectivity index (χ1) is 12.4. The van der Waals surface area contributed by atoms with Gasteiger partial charge in [0.25, 0.3) is 11.5 Å². The number of nitrogens with zero attached hydrogens (tertiary/aromatic N) is 2. The molecule has 2 aromatic carbocycles. The van der Waals surface area contributed by atoms with Gasteiger partial charge in [-0.15, -0.1) is 0 Å². The Morgan fingerprint density at radius 1 is 1.12 bits per heavy atom. The van der Waals surface area contributed by atoms with Crippen LogP contribution in [0.5, 0.6) is 0 Å². The predicted octanol–water partition coefficient (Wildman–Crippen LogP) is 3.58. The standard InChI is InChI=1S/C19H17F2N3O2/c1-11(2)10-24-19(26)14-6-4-3-5-13(14)17(23-24)18(25)22-12-7-8-15(20)16(21)9-12/h3-9,11H,10H2,1-2H3,(H,22,25). The van der Waals surface area contributed by atoms with Crippen LogP contribution in [0, 0.1) is 17.6 Å². The van der Waals surface area contributed by atoms with Crippen LogP contribution >= 0.6 is 0 Å². The van der Waals surface area contributed by atoms with E-state index in [0.717, 1.165) is 12.1 Å². The number of benzene rings is 2. The maximum Gasteiger partial charge on any atom is 0.276 e. The molecule has 0 aliphatic carbocycles. The van der Waals surface area contributed by atoms with Crippen molar-refractivity contribution in [2.45, 2.75) is 20.4 Å². The molecule has 0 radical (unpaired) electrons. The average molecular weight is 357 g/mol. The van der Waals surface area contributed by atoms with E-state index < -0.39 is 17.5 Å². The first-order valence-corrected chi connectivity index (χ1v) is 8.13. The molecule has 3 aromatic rings. The topological polar surface area (TPSA) is 64.0 Å². The highest BCUT2D eigenvalue weighted by Crippen LogP contribution is 2.17. The lowest BCUT2D eigenvalue weighted by atomic mass is 10.1. The van der Waals surface area contributed by atoms with E-state index in [1.165, 1.54) is 10.7 Å². The summed E-state index contributed by atoms with van der Waals surface area (Å²) in [6.07, 6.45) is 0. The van der Waals surface area contributed by atoms with Crippen LogP contribution in [0.3, 0.4) is 0 Å². The third kappa shape index (κ3) is 3.46. The lowest BCUT2D eigenvalue weighted by molar-refractivity contribution is 0.102. The Kier molecular flexibility index (Phi) is 4.79. The van der Waals surface area contributed by atoms with Gasteiger partial charge in [-0.05, 0) is 24.1 Å². The maximum absolute atomic E-state index is 13.4. The second-order valence-electron chi connectivity index (χ2n) is 6.36. The Morgan fingerprint density at radius 3 is 2.46 bits per heavy atom. The highest BCUT2D eigenvalue weighted by molar-refractivity contribution is 6.11. The fraction of sp³-hybridized carbons (Fsp3) is 0.211. The summed E-state index contributed by atoms with van der Waals surface area (Å²) in [5, 5.41) is 7.47. The van der Waals surface area contributed by atoms with Crippen molar-refractivity contribution in [2.75, 3.05) is 5.32 Å². The van der Waals surface area contributed by atoms with Crippen molar-refractivity contribution in [3.8, 4) is 0 Å². The molecular formula is C19H17F2N3O2. The van der Waals surface area contributed by atoms with Crippen LogP contribution in [-0.2, 0) is 6.54 Å². The molecule has 1 N–H and O–H groups in total. The van der Waals surface area contributed by atoms with Crippen LogP contribution in [0.25, 0.3) is 10.8 Å². The zero-order valence-electron chi connectivity index (χ0n) is 14.3. The minimum atomic E-state index is -1.06. The number of nitrogens with one attached hydrogen (secondary N) is 1. The summed E-state index contributed by atoms with van der Waals surface area (Å²) in [5.74, 6) is -2.52. The third-order valence-corrected chi connectivity index (χ3v) is 3.80. The Labute approximate surface area is 148 Å². The molecule has 0 bridgehead atoms. The van der Waals surface area contributed by atoms with Gasteiger partial charge in [0.1, 0.15) is 0 Å². The number of carbonyl (C=O) groups excluding carboxylic acids is 1. The van der Waals surface area contributed by atoms with Crippen LogP contribution in [-0.4, -0.2) is 15.7 Å². The van der Waals surface area contributed by atoms with Gasteiger partial charge < -0.3 is 5.32 Å². The van der Waals surface area contributed by atoms with E-state index in [1.807, 2.05) is 13.8 Å². The van der Waals surface area contributed by atoms with Crippen molar-refractivity contribution in [2.24, 2.45) is 5.92 Å². The van der Waals surface area contributed by atoms with E-state index in [9.17, 15) is 18.4 Å². The number of carbonyl (C=O) groups is 1. The molecular weight excluding hydrogens is 340 g/mol. The largest absolute Gasteiger partial charge is 0.320 e. The number of fused-ring (bicyclic) bond motifs is 1. The number of halogens is 2. The number of aromatic nitrogens is 2. The fourth-order valence-electron chi connectivity index (χ4n) is 2.64. The first kappa shape index (κ1) is 17.7. The molecule has 0 aliphatic rings. The number of amides is 1. The van der Waals surface area contributed by atoms with Crippen molar-refractivity contribution in [1.82, 2.24) is 9.78 Å². The highest BCUT2D eigenvalue weighted by atomic mass is 19.2. The zero-order chi connectivity index (χ0) is 18.8. The number of anilines is 1. The maximum atomic E-state index is 13.4. The van der Waals surface area contributed by atoms with E-state index in [2.05, 4.69) is 10.4 Å². The van der Waals surface area contributed by atoms with Crippen LogP contribution in [0.2, 0.25) is 0 Å². The van der Waals surface area contributed by atoms with Crippen molar-refractivity contribution in [3.63, 3.8) is 0 Å². The minimum absolute atomic E-state index is 0.0468. The van der Waals surface area contributed by atoms with E-state index in [1.54, 1.807) is 24.3 Å². The van der Waals surface area contributed by atoms with Gasteiger partial charge in [-0.1, -0.05) is 32.0 Å². The van der Waals surface area contributed by atoms with Gasteiger partial charge in [-0.3, -0.25) is 9.59 Å². The zero-order valence-corrected chi connectivity index (χ0v) is 14.3. The van der Waals surface area contributed by atoms with Gasteiger partial charge in [0.2, 0.25) is 0 Å². The quantitative estimate of drug-likeness (QED) is 0.776. The van der Waals surface area contributed by atoms with E-state index in [4.69, 9.17) is 0 Å². The first-order valence-electron chi connectivity index (χ1n) is 8.13. The summed E-state index contributed by atoms with van der Waals surface area (Å²) in [6.45, 7) is 4.23. The summed E-state index contributed by atoms with van der Waals surface area (Å²) in [6, 6.07) is 9.73. The normalized spacial score (nSPS) is 11.1. The van der Waals surface area contributed by atoms with Gasteiger partial charge in [0.05, 0.1) is 5.39 Å². The molecule has 0 atom stereocenters. The number of hydrogen-bond donors (Lipinski definition) is 1. The summed E-state index contributed by atoms with van der Waals surface area (Å²) in [4.78, 5) is 25.2. The molecule has 1 heterocycles. The molecule has 1 aromatic heterocycles. The molecule has 0 saturated heterocycles. The molecule has 0 saturated carbocycles. The van der Waals surface area contributed by atoms with Crippen LogP contribution in [0.4, 0.5) is 14.5 Å². The smallest absolute Gasteiger partial charge is 0.276 e. The second-order valence-corrected chi connectivity index (χ2v) is 6.36. The van der Waals surface area contributed by atoms with Gasteiger partial charge in [-0.25, -0.2) is 13.5 Å². The molecule has 7 heteroatoms. The van der Waals surface area contributed by atoms with Crippen molar-refractivity contribution in [3.05, 3.63) is 70.1 Å². The minimum Gasteiger partial charge on any atom is -0.320 e. The Balaban J connectivity index is 2.07. The van der Waals surface area contributed by atoms with Gasteiger partial charge in [-0.2, -0.15) is 5.10 Å².